The van der Waals surface area contributed by atoms with E-state index in [4.69, 9.17) is 17.0 Å². The third-order valence-electron chi connectivity index (χ3n) is 2.86. The van der Waals surface area contributed by atoms with Gasteiger partial charge in [0.25, 0.3) is 0 Å². The Morgan fingerprint density at radius 1 is 1.26 bits per heavy atom. The molecule has 0 saturated carbocycles. The maximum atomic E-state index is 12.2. The number of halogens is 3. The standard InChI is InChI=1S/C11H20F3N3OS/c1-18-8-2-3-15-10(19)17-6-4-16(5-7-17)9-11(12,13)14/h2-9H2,1H3,(H,15,19). The average Bonchev–Trinajstić information content (AvgIpc) is 2.33. The van der Waals surface area contributed by atoms with Crippen LogP contribution in [0.15, 0.2) is 0 Å². The summed E-state index contributed by atoms with van der Waals surface area (Å²) in [5.74, 6) is 0. The second-order valence-electron chi connectivity index (χ2n) is 4.46. The molecule has 1 saturated heterocycles. The van der Waals surface area contributed by atoms with E-state index in [0.717, 1.165) is 13.0 Å². The lowest BCUT2D eigenvalue weighted by Crippen LogP contribution is -2.53. The highest BCUT2D eigenvalue weighted by molar-refractivity contribution is 7.80. The van der Waals surface area contributed by atoms with Crippen molar-refractivity contribution in [3.63, 3.8) is 0 Å². The van der Waals surface area contributed by atoms with Crippen molar-refractivity contribution in [2.45, 2.75) is 12.6 Å². The second-order valence-corrected chi connectivity index (χ2v) is 4.84. The van der Waals surface area contributed by atoms with Crippen LogP contribution in [0.3, 0.4) is 0 Å². The first-order chi connectivity index (χ1) is 8.92. The van der Waals surface area contributed by atoms with Gasteiger partial charge in [0.15, 0.2) is 5.11 Å². The van der Waals surface area contributed by atoms with Crippen molar-refractivity contribution >= 4 is 17.3 Å². The number of rotatable bonds is 5. The van der Waals surface area contributed by atoms with E-state index in [1.165, 1.54) is 4.90 Å². The van der Waals surface area contributed by atoms with Crippen LogP contribution >= 0.6 is 12.2 Å². The Balaban J connectivity index is 2.20. The molecular weight excluding hydrogens is 279 g/mol. The highest BCUT2D eigenvalue weighted by Crippen LogP contribution is 2.17. The van der Waals surface area contributed by atoms with Gasteiger partial charge in [0.05, 0.1) is 6.54 Å². The summed E-state index contributed by atoms with van der Waals surface area (Å²) >= 11 is 5.21. The van der Waals surface area contributed by atoms with Gasteiger partial charge in [-0.25, -0.2) is 0 Å². The van der Waals surface area contributed by atoms with Crippen molar-refractivity contribution < 1.29 is 17.9 Å². The average molecular weight is 299 g/mol. The fourth-order valence-electron chi connectivity index (χ4n) is 1.89. The molecule has 0 atom stereocenters. The molecule has 1 fully saturated rings. The highest BCUT2D eigenvalue weighted by atomic mass is 32.1. The molecule has 0 bridgehead atoms. The molecule has 112 valence electrons. The van der Waals surface area contributed by atoms with Crippen LogP contribution in [0.25, 0.3) is 0 Å². The SMILES string of the molecule is COCCCNC(=S)N1CCN(CC(F)(F)F)CC1. The monoisotopic (exact) mass is 299 g/mol. The lowest BCUT2D eigenvalue weighted by molar-refractivity contribution is -0.148. The van der Waals surface area contributed by atoms with Crippen LogP contribution in [-0.2, 0) is 4.74 Å². The summed E-state index contributed by atoms with van der Waals surface area (Å²) < 4.78 is 41.6. The molecule has 19 heavy (non-hydrogen) atoms. The minimum atomic E-state index is -4.12. The van der Waals surface area contributed by atoms with Gasteiger partial charge in [-0.1, -0.05) is 0 Å². The minimum Gasteiger partial charge on any atom is -0.385 e. The van der Waals surface area contributed by atoms with Crippen LogP contribution in [-0.4, -0.2) is 74.1 Å². The van der Waals surface area contributed by atoms with Crippen LogP contribution in [0, 0.1) is 0 Å². The molecule has 1 aliphatic heterocycles. The Bertz CT molecular complexity index is 281. The molecule has 1 rings (SSSR count). The van der Waals surface area contributed by atoms with E-state index in [1.54, 1.807) is 7.11 Å². The number of nitrogens with one attached hydrogen (secondary N) is 1. The third kappa shape index (κ3) is 6.93. The summed E-state index contributed by atoms with van der Waals surface area (Å²) in [5, 5.41) is 3.70. The number of thiocarbonyl (C=S) groups is 1. The van der Waals surface area contributed by atoms with Gasteiger partial charge in [-0.3, -0.25) is 4.90 Å². The molecular formula is C11H20F3N3OS. The lowest BCUT2D eigenvalue weighted by Gasteiger charge is -2.36. The molecule has 0 aromatic rings. The van der Waals surface area contributed by atoms with E-state index in [2.05, 4.69) is 5.32 Å². The number of nitrogens with zero attached hydrogens (tertiary/aromatic N) is 2. The molecule has 0 aromatic carbocycles. The van der Waals surface area contributed by atoms with E-state index in [-0.39, 0.29) is 0 Å². The van der Waals surface area contributed by atoms with Gasteiger partial charge in [-0.05, 0) is 18.6 Å². The number of alkyl halides is 3. The fourth-order valence-corrected chi connectivity index (χ4v) is 2.17. The summed E-state index contributed by atoms with van der Waals surface area (Å²) in [7, 11) is 1.64. The van der Waals surface area contributed by atoms with Crippen molar-refractivity contribution in [3.05, 3.63) is 0 Å². The summed E-state index contributed by atoms with van der Waals surface area (Å²) in [6, 6.07) is 0. The van der Waals surface area contributed by atoms with Gasteiger partial charge in [0, 0.05) is 46.4 Å². The van der Waals surface area contributed by atoms with E-state index in [1.807, 2.05) is 4.90 Å². The van der Waals surface area contributed by atoms with Crippen LogP contribution in [0.2, 0.25) is 0 Å². The van der Waals surface area contributed by atoms with Crippen LogP contribution in [0.5, 0.6) is 0 Å². The zero-order valence-electron chi connectivity index (χ0n) is 11.0. The third-order valence-corrected chi connectivity index (χ3v) is 3.27. The van der Waals surface area contributed by atoms with Gasteiger partial charge in [0.1, 0.15) is 0 Å². The number of hydrogen-bond acceptors (Lipinski definition) is 3. The van der Waals surface area contributed by atoms with Crippen molar-refractivity contribution in [1.82, 2.24) is 15.1 Å². The van der Waals surface area contributed by atoms with E-state index >= 15 is 0 Å². The Morgan fingerprint density at radius 2 is 1.89 bits per heavy atom. The van der Waals surface area contributed by atoms with Gasteiger partial charge in [-0.2, -0.15) is 13.2 Å². The first-order valence-electron chi connectivity index (χ1n) is 6.23. The topological polar surface area (TPSA) is 27.7 Å². The first-order valence-corrected chi connectivity index (χ1v) is 6.64. The summed E-state index contributed by atoms with van der Waals surface area (Å²) in [4.78, 5) is 3.32. The van der Waals surface area contributed by atoms with Crippen molar-refractivity contribution in [2.24, 2.45) is 0 Å². The maximum Gasteiger partial charge on any atom is 0.401 e. The van der Waals surface area contributed by atoms with Gasteiger partial charge >= 0.3 is 6.18 Å². The molecule has 1 N–H and O–H groups in total. The van der Waals surface area contributed by atoms with Gasteiger partial charge < -0.3 is 15.0 Å². The molecule has 1 aliphatic rings. The van der Waals surface area contributed by atoms with Crippen LogP contribution in [0.4, 0.5) is 13.2 Å². The van der Waals surface area contributed by atoms with Crippen molar-refractivity contribution in [3.8, 4) is 0 Å². The van der Waals surface area contributed by atoms with Crippen LogP contribution in [0.1, 0.15) is 6.42 Å². The number of ether oxygens (including phenoxy) is 1. The summed E-state index contributed by atoms with van der Waals surface area (Å²) in [6.07, 6.45) is -3.27. The van der Waals surface area contributed by atoms with Crippen LogP contribution < -0.4 is 5.32 Å². The molecule has 8 heteroatoms. The van der Waals surface area contributed by atoms with E-state index < -0.39 is 12.7 Å². The van der Waals surface area contributed by atoms with Gasteiger partial charge in [0.2, 0.25) is 0 Å². The van der Waals surface area contributed by atoms with Crippen molar-refractivity contribution in [1.29, 1.82) is 0 Å². The Morgan fingerprint density at radius 3 is 2.42 bits per heavy atom. The first kappa shape index (κ1) is 16.5. The maximum absolute atomic E-state index is 12.2. The normalized spacial score (nSPS) is 17.6. The van der Waals surface area contributed by atoms with E-state index in [9.17, 15) is 13.2 Å². The molecule has 0 spiro atoms. The zero-order chi connectivity index (χ0) is 14.3. The molecule has 0 aliphatic carbocycles. The zero-order valence-corrected chi connectivity index (χ0v) is 11.8. The highest BCUT2D eigenvalue weighted by Gasteiger charge is 2.32. The number of methoxy groups -OCH3 is 1. The Kier molecular flexibility index (Phi) is 6.81. The molecule has 0 amide bonds. The van der Waals surface area contributed by atoms with Crippen molar-refractivity contribution in [2.75, 3.05) is 53.0 Å². The molecule has 0 aromatic heterocycles. The number of hydrogen-bond donors (Lipinski definition) is 1. The summed E-state index contributed by atoms with van der Waals surface area (Å²) in [6.45, 7) is 2.39. The Hall–Kier alpha value is -0.600. The molecule has 0 unspecified atom stereocenters. The molecule has 0 radical (unpaired) electrons. The largest absolute Gasteiger partial charge is 0.401 e. The molecule has 4 nitrogen and oxygen atoms in total. The van der Waals surface area contributed by atoms with E-state index in [0.29, 0.717) is 37.9 Å². The molecule has 1 heterocycles. The lowest BCUT2D eigenvalue weighted by atomic mass is 10.3. The fraction of sp³-hybridized carbons (Fsp3) is 0.909. The number of piperazine rings is 1. The predicted molar refractivity (Wildman–Crippen MR) is 71.2 cm³/mol. The van der Waals surface area contributed by atoms with Gasteiger partial charge in [-0.15, -0.1) is 0 Å². The smallest absolute Gasteiger partial charge is 0.385 e. The Labute approximate surface area is 116 Å². The second kappa shape index (κ2) is 7.86. The summed E-state index contributed by atoms with van der Waals surface area (Å²) in [5.41, 5.74) is 0. The predicted octanol–water partition coefficient (Wildman–Crippen LogP) is 1.08. The quantitative estimate of drug-likeness (QED) is 0.606. The minimum absolute atomic E-state index is 0.388.